The number of rotatable bonds is 7. The second kappa shape index (κ2) is 7.99. The van der Waals surface area contributed by atoms with E-state index in [9.17, 15) is 8.42 Å². The maximum Gasteiger partial charge on any atom is 0.244 e. The van der Waals surface area contributed by atoms with E-state index in [-0.39, 0.29) is 4.90 Å². The molecule has 1 fully saturated rings. The summed E-state index contributed by atoms with van der Waals surface area (Å²) in [4.78, 5) is 2.41. The first-order valence-electron chi connectivity index (χ1n) is 7.90. The zero-order valence-corrected chi connectivity index (χ0v) is 14.9. The van der Waals surface area contributed by atoms with Gasteiger partial charge in [0.05, 0.1) is 14.2 Å². The fourth-order valence-electron chi connectivity index (χ4n) is 2.90. The predicted octanol–water partition coefficient (Wildman–Crippen LogP) is 1.71. The standard InChI is InChI=1S/C16H26N2O4S/c1-13-5-4-9-18(12-13)10-8-17-23(19,20)16-11-14(21-2)6-7-15(16)22-3/h6-7,11,13,17H,4-5,8-10,12H2,1-3H3. The van der Waals surface area contributed by atoms with Crippen molar-refractivity contribution >= 4 is 10.0 Å². The van der Waals surface area contributed by atoms with Crippen LogP contribution < -0.4 is 14.2 Å². The van der Waals surface area contributed by atoms with Crippen molar-refractivity contribution in [2.24, 2.45) is 5.92 Å². The number of methoxy groups -OCH3 is 2. The highest BCUT2D eigenvalue weighted by molar-refractivity contribution is 7.89. The lowest BCUT2D eigenvalue weighted by Gasteiger charge is -2.30. The van der Waals surface area contributed by atoms with Crippen LogP contribution in [-0.2, 0) is 10.0 Å². The Morgan fingerprint density at radius 2 is 2.09 bits per heavy atom. The Kier molecular flexibility index (Phi) is 6.26. The van der Waals surface area contributed by atoms with Crippen molar-refractivity contribution in [3.8, 4) is 11.5 Å². The van der Waals surface area contributed by atoms with E-state index in [2.05, 4.69) is 16.5 Å². The van der Waals surface area contributed by atoms with E-state index in [1.165, 1.54) is 33.1 Å². The first-order chi connectivity index (χ1) is 11.0. The second-order valence-electron chi connectivity index (χ2n) is 5.96. The van der Waals surface area contributed by atoms with Crippen LogP contribution >= 0.6 is 0 Å². The molecule has 23 heavy (non-hydrogen) atoms. The zero-order chi connectivity index (χ0) is 16.9. The maximum absolute atomic E-state index is 12.5. The van der Waals surface area contributed by atoms with Gasteiger partial charge >= 0.3 is 0 Å². The van der Waals surface area contributed by atoms with Crippen LogP contribution in [0, 0.1) is 5.92 Å². The van der Waals surface area contributed by atoms with E-state index < -0.39 is 10.0 Å². The second-order valence-corrected chi connectivity index (χ2v) is 7.70. The topological polar surface area (TPSA) is 67.9 Å². The largest absolute Gasteiger partial charge is 0.497 e. The molecular formula is C16H26N2O4S. The van der Waals surface area contributed by atoms with Crippen molar-refractivity contribution < 1.29 is 17.9 Å². The molecule has 1 heterocycles. The van der Waals surface area contributed by atoms with Gasteiger partial charge in [0.2, 0.25) is 10.0 Å². The summed E-state index contributed by atoms with van der Waals surface area (Å²) in [7, 11) is -0.674. The van der Waals surface area contributed by atoms with Crippen molar-refractivity contribution in [3.63, 3.8) is 0 Å². The lowest BCUT2D eigenvalue weighted by atomic mass is 10.0. The number of hydrogen-bond donors (Lipinski definition) is 1. The van der Waals surface area contributed by atoms with Gasteiger partial charge in [-0.2, -0.15) is 0 Å². The Morgan fingerprint density at radius 1 is 1.30 bits per heavy atom. The molecule has 0 radical (unpaired) electrons. The molecule has 1 aromatic rings. The summed E-state index contributed by atoms with van der Waals surface area (Å²) in [6.07, 6.45) is 2.43. The smallest absolute Gasteiger partial charge is 0.244 e. The van der Waals surface area contributed by atoms with Gasteiger partial charge in [0.1, 0.15) is 16.4 Å². The number of nitrogens with one attached hydrogen (secondary N) is 1. The molecule has 1 aliphatic heterocycles. The maximum atomic E-state index is 12.5. The minimum atomic E-state index is -3.63. The highest BCUT2D eigenvalue weighted by Gasteiger charge is 2.21. The van der Waals surface area contributed by atoms with Crippen LogP contribution in [0.4, 0.5) is 0 Å². The molecule has 0 amide bonds. The van der Waals surface area contributed by atoms with E-state index in [0.717, 1.165) is 19.6 Å². The summed E-state index contributed by atoms with van der Waals surface area (Å²) in [5.74, 6) is 1.47. The van der Waals surface area contributed by atoms with Gasteiger partial charge in [0.25, 0.3) is 0 Å². The molecule has 0 aliphatic carbocycles. The van der Waals surface area contributed by atoms with Gasteiger partial charge in [-0.3, -0.25) is 0 Å². The summed E-state index contributed by atoms with van der Waals surface area (Å²) < 4.78 is 38.0. The molecular weight excluding hydrogens is 316 g/mol. The number of hydrogen-bond acceptors (Lipinski definition) is 5. The summed E-state index contributed by atoms with van der Waals surface area (Å²) >= 11 is 0. The van der Waals surface area contributed by atoms with Gasteiger partial charge in [0.15, 0.2) is 0 Å². The van der Waals surface area contributed by atoms with Crippen LogP contribution in [0.25, 0.3) is 0 Å². The van der Waals surface area contributed by atoms with E-state index in [1.807, 2.05) is 0 Å². The number of ether oxygens (including phenoxy) is 2. The number of benzene rings is 1. The third kappa shape index (κ3) is 4.83. The van der Waals surface area contributed by atoms with Crippen LogP contribution in [0.15, 0.2) is 23.1 Å². The van der Waals surface area contributed by atoms with Crippen molar-refractivity contribution in [1.82, 2.24) is 9.62 Å². The van der Waals surface area contributed by atoms with Gasteiger partial charge in [0, 0.05) is 25.7 Å². The van der Waals surface area contributed by atoms with Gasteiger partial charge in [-0.1, -0.05) is 6.92 Å². The Balaban J connectivity index is 2.01. The Morgan fingerprint density at radius 3 is 2.74 bits per heavy atom. The van der Waals surface area contributed by atoms with Crippen molar-refractivity contribution in [3.05, 3.63) is 18.2 Å². The molecule has 2 rings (SSSR count). The van der Waals surface area contributed by atoms with Gasteiger partial charge in [-0.05, 0) is 37.4 Å². The highest BCUT2D eigenvalue weighted by atomic mass is 32.2. The normalized spacial score (nSPS) is 19.5. The molecule has 7 heteroatoms. The molecule has 130 valence electrons. The Hall–Kier alpha value is -1.31. The lowest BCUT2D eigenvalue weighted by molar-refractivity contribution is 0.187. The SMILES string of the molecule is COc1ccc(OC)c(S(=O)(=O)NCCN2CCCC(C)C2)c1. The molecule has 1 saturated heterocycles. The predicted molar refractivity (Wildman–Crippen MR) is 89.6 cm³/mol. The van der Waals surface area contributed by atoms with E-state index >= 15 is 0 Å². The highest BCUT2D eigenvalue weighted by Crippen LogP contribution is 2.27. The molecule has 1 aromatic carbocycles. The summed E-state index contributed by atoms with van der Waals surface area (Å²) in [6.45, 7) is 5.40. The van der Waals surface area contributed by atoms with Crippen molar-refractivity contribution in [2.45, 2.75) is 24.7 Å². The molecule has 0 bridgehead atoms. The number of piperidine rings is 1. The molecule has 0 aromatic heterocycles. The van der Waals surface area contributed by atoms with Crippen LogP contribution in [0.1, 0.15) is 19.8 Å². The van der Waals surface area contributed by atoms with Gasteiger partial charge < -0.3 is 14.4 Å². The summed E-state index contributed by atoms with van der Waals surface area (Å²) in [6, 6.07) is 4.75. The molecule has 0 spiro atoms. The average Bonchev–Trinajstić information content (AvgIpc) is 2.54. The van der Waals surface area contributed by atoms with Crippen LogP contribution in [0.3, 0.4) is 0 Å². The molecule has 6 nitrogen and oxygen atoms in total. The van der Waals surface area contributed by atoms with Gasteiger partial charge in [-0.25, -0.2) is 13.1 Å². The van der Waals surface area contributed by atoms with Crippen LogP contribution in [0.5, 0.6) is 11.5 Å². The Bertz CT molecular complexity index is 619. The third-order valence-electron chi connectivity index (χ3n) is 4.12. The molecule has 0 saturated carbocycles. The first kappa shape index (κ1) is 18.0. The fraction of sp³-hybridized carbons (Fsp3) is 0.625. The van der Waals surface area contributed by atoms with E-state index in [1.54, 1.807) is 12.1 Å². The fourth-order valence-corrected chi connectivity index (χ4v) is 4.10. The monoisotopic (exact) mass is 342 g/mol. The first-order valence-corrected chi connectivity index (χ1v) is 9.38. The lowest BCUT2D eigenvalue weighted by Crippen LogP contribution is -2.40. The van der Waals surface area contributed by atoms with Crippen molar-refractivity contribution in [1.29, 1.82) is 0 Å². The quantitative estimate of drug-likeness (QED) is 0.817. The van der Waals surface area contributed by atoms with E-state index in [0.29, 0.717) is 24.0 Å². The minimum absolute atomic E-state index is 0.103. The summed E-state index contributed by atoms with van der Waals surface area (Å²) in [5.41, 5.74) is 0. The van der Waals surface area contributed by atoms with Crippen LogP contribution in [0.2, 0.25) is 0 Å². The Labute approximate surface area is 138 Å². The number of sulfonamides is 1. The number of likely N-dealkylation sites (tertiary alicyclic amines) is 1. The molecule has 1 N–H and O–H groups in total. The third-order valence-corrected chi connectivity index (χ3v) is 5.60. The molecule has 1 aliphatic rings. The molecule has 1 unspecified atom stereocenters. The minimum Gasteiger partial charge on any atom is -0.497 e. The molecule has 1 atom stereocenters. The zero-order valence-electron chi connectivity index (χ0n) is 14.0. The van der Waals surface area contributed by atoms with Crippen LogP contribution in [-0.4, -0.2) is 53.7 Å². The summed E-state index contributed by atoms with van der Waals surface area (Å²) in [5, 5.41) is 0. The van der Waals surface area contributed by atoms with Gasteiger partial charge in [-0.15, -0.1) is 0 Å². The van der Waals surface area contributed by atoms with Crippen molar-refractivity contribution in [2.75, 3.05) is 40.4 Å². The average molecular weight is 342 g/mol. The van der Waals surface area contributed by atoms with E-state index in [4.69, 9.17) is 9.47 Å². The number of nitrogens with zero attached hydrogens (tertiary/aromatic N) is 1.